The summed E-state index contributed by atoms with van der Waals surface area (Å²) in [5.74, 6) is -0.369. The predicted octanol–water partition coefficient (Wildman–Crippen LogP) is 4.40. The van der Waals surface area contributed by atoms with Crippen LogP contribution in [0, 0.1) is 0 Å². The normalized spacial score (nSPS) is 18.5. The molecule has 1 aromatic heterocycles. The lowest BCUT2D eigenvalue weighted by molar-refractivity contribution is -0.117. The number of methoxy groups -OCH3 is 1. The van der Waals surface area contributed by atoms with E-state index in [9.17, 15) is 9.59 Å². The van der Waals surface area contributed by atoms with Crippen LogP contribution in [0.3, 0.4) is 0 Å². The monoisotopic (exact) mass is 392 g/mol. The zero-order chi connectivity index (χ0) is 19.2. The van der Waals surface area contributed by atoms with Crippen LogP contribution in [0.25, 0.3) is 0 Å². The van der Waals surface area contributed by atoms with Crippen molar-refractivity contribution in [2.75, 3.05) is 26.0 Å². The van der Waals surface area contributed by atoms with Gasteiger partial charge < -0.3 is 10.1 Å². The van der Waals surface area contributed by atoms with Gasteiger partial charge in [0.15, 0.2) is 0 Å². The first kappa shape index (κ1) is 20.3. The molecule has 0 spiro atoms. The summed E-state index contributed by atoms with van der Waals surface area (Å²) in [6, 6.07) is 0.494. The van der Waals surface area contributed by atoms with Crippen molar-refractivity contribution in [3.8, 4) is 0 Å². The molecular weight excluding hydrogens is 360 g/mol. The van der Waals surface area contributed by atoms with Gasteiger partial charge in [-0.15, -0.1) is 11.3 Å². The standard InChI is InChI=1S/C21H32N2O3S/c1-23(15-10-6-5-7-11-15)14-18(24)22-20-19(21(25)26-2)16-12-8-3-4-9-13-17(16)27-20/h15H,3-14H2,1-2H3,(H,22,24). The molecule has 1 N–H and O–H groups in total. The quantitative estimate of drug-likeness (QED) is 0.755. The van der Waals surface area contributed by atoms with Gasteiger partial charge >= 0.3 is 5.97 Å². The maximum Gasteiger partial charge on any atom is 0.341 e. The molecule has 1 heterocycles. The van der Waals surface area contributed by atoms with Gasteiger partial charge in [0.25, 0.3) is 0 Å². The van der Waals surface area contributed by atoms with Crippen LogP contribution in [0.15, 0.2) is 0 Å². The number of ether oxygens (including phenoxy) is 1. The first-order valence-electron chi connectivity index (χ1n) is 10.3. The lowest BCUT2D eigenvalue weighted by Gasteiger charge is -2.30. The molecule has 2 aliphatic rings. The number of carbonyl (C=O) groups is 2. The number of aryl methyl sites for hydroxylation is 1. The van der Waals surface area contributed by atoms with E-state index in [2.05, 4.69) is 10.2 Å². The SMILES string of the molecule is COC(=O)c1c(NC(=O)CN(C)C2CCCCC2)sc2c1CCCCCC2. The Hall–Kier alpha value is -1.40. The van der Waals surface area contributed by atoms with Crippen molar-refractivity contribution in [1.29, 1.82) is 0 Å². The van der Waals surface area contributed by atoms with E-state index in [4.69, 9.17) is 4.74 Å². The molecule has 1 saturated carbocycles. The fraction of sp³-hybridized carbons (Fsp3) is 0.714. The highest BCUT2D eigenvalue weighted by atomic mass is 32.1. The molecule has 0 atom stereocenters. The third kappa shape index (κ3) is 5.11. The molecule has 27 heavy (non-hydrogen) atoms. The van der Waals surface area contributed by atoms with E-state index in [0.29, 0.717) is 23.2 Å². The molecule has 3 rings (SSSR count). The molecule has 2 aliphatic carbocycles. The lowest BCUT2D eigenvalue weighted by atomic mass is 9.94. The minimum Gasteiger partial charge on any atom is -0.465 e. The zero-order valence-electron chi connectivity index (χ0n) is 16.6. The highest BCUT2D eigenvalue weighted by Crippen LogP contribution is 2.37. The molecular formula is C21H32N2O3S. The lowest BCUT2D eigenvalue weighted by Crippen LogP contribution is -2.39. The second-order valence-electron chi connectivity index (χ2n) is 7.87. The number of esters is 1. The molecule has 0 saturated heterocycles. The fourth-order valence-electron chi connectivity index (χ4n) is 4.37. The molecule has 0 aromatic carbocycles. The van der Waals surface area contributed by atoms with E-state index < -0.39 is 0 Å². The van der Waals surface area contributed by atoms with Crippen LogP contribution in [-0.4, -0.2) is 43.5 Å². The first-order valence-corrected chi connectivity index (χ1v) is 11.1. The van der Waals surface area contributed by atoms with Crippen molar-refractivity contribution in [1.82, 2.24) is 4.90 Å². The number of amides is 1. The molecule has 0 unspecified atom stereocenters. The Bertz CT molecular complexity index is 665. The average molecular weight is 393 g/mol. The van der Waals surface area contributed by atoms with Gasteiger partial charge in [-0.3, -0.25) is 9.69 Å². The molecule has 6 heteroatoms. The van der Waals surface area contributed by atoms with Crippen molar-refractivity contribution < 1.29 is 14.3 Å². The number of thiophene rings is 1. The number of hydrogen-bond donors (Lipinski definition) is 1. The molecule has 1 fully saturated rings. The minimum absolute atomic E-state index is 0.0394. The molecule has 1 aromatic rings. The molecule has 0 aliphatic heterocycles. The molecule has 150 valence electrons. The Morgan fingerprint density at radius 1 is 1.07 bits per heavy atom. The maximum atomic E-state index is 12.7. The van der Waals surface area contributed by atoms with Crippen molar-refractivity contribution in [3.05, 3.63) is 16.0 Å². The number of likely N-dealkylation sites (N-methyl/N-ethyl adjacent to an activating group) is 1. The summed E-state index contributed by atoms with van der Waals surface area (Å²) in [4.78, 5) is 28.5. The summed E-state index contributed by atoms with van der Waals surface area (Å²) >= 11 is 1.57. The summed E-state index contributed by atoms with van der Waals surface area (Å²) in [5.41, 5.74) is 1.69. The Morgan fingerprint density at radius 2 is 1.74 bits per heavy atom. The molecule has 1 amide bonds. The van der Waals surface area contributed by atoms with Crippen molar-refractivity contribution in [2.24, 2.45) is 0 Å². The van der Waals surface area contributed by atoms with Crippen molar-refractivity contribution >= 4 is 28.2 Å². The van der Waals surface area contributed by atoms with E-state index in [1.54, 1.807) is 11.3 Å². The number of fused-ring (bicyclic) bond motifs is 1. The van der Waals surface area contributed by atoms with E-state index in [1.807, 2.05) is 7.05 Å². The number of hydrogen-bond acceptors (Lipinski definition) is 5. The molecule has 0 radical (unpaired) electrons. The second-order valence-corrected chi connectivity index (χ2v) is 8.97. The van der Waals surface area contributed by atoms with Crippen LogP contribution >= 0.6 is 11.3 Å². The van der Waals surface area contributed by atoms with Crippen LogP contribution in [0.1, 0.15) is 78.6 Å². The van der Waals surface area contributed by atoms with Gasteiger partial charge in [0.1, 0.15) is 5.00 Å². The number of nitrogens with zero attached hydrogens (tertiary/aromatic N) is 1. The van der Waals surface area contributed by atoms with Gasteiger partial charge in [0.2, 0.25) is 5.91 Å². The Morgan fingerprint density at radius 3 is 2.44 bits per heavy atom. The topological polar surface area (TPSA) is 58.6 Å². The van der Waals surface area contributed by atoms with E-state index in [1.165, 1.54) is 56.9 Å². The number of rotatable bonds is 5. The van der Waals surface area contributed by atoms with Crippen LogP contribution in [0.5, 0.6) is 0 Å². The second kappa shape index (κ2) is 9.69. The van der Waals surface area contributed by atoms with Gasteiger partial charge in [-0.2, -0.15) is 0 Å². The largest absolute Gasteiger partial charge is 0.465 e. The number of nitrogens with one attached hydrogen (secondary N) is 1. The summed E-state index contributed by atoms with van der Waals surface area (Å²) in [5, 5.41) is 3.71. The molecule has 0 bridgehead atoms. The van der Waals surface area contributed by atoms with E-state index >= 15 is 0 Å². The fourth-order valence-corrected chi connectivity index (χ4v) is 5.66. The summed E-state index contributed by atoms with van der Waals surface area (Å²) in [7, 11) is 3.45. The summed E-state index contributed by atoms with van der Waals surface area (Å²) < 4.78 is 5.04. The number of anilines is 1. The first-order chi connectivity index (χ1) is 13.1. The van der Waals surface area contributed by atoms with Crippen LogP contribution in [0.2, 0.25) is 0 Å². The zero-order valence-corrected chi connectivity index (χ0v) is 17.5. The highest BCUT2D eigenvalue weighted by Gasteiger charge is 2.27. The van der Waals surface area contributed by atoms with Crippen molar-refractivity contribution in [3.63, 3.8) is 0 Å². The van der Waals surface area contributed by atoms with E-state index in [0.717, 1.165) is 31.2 Å². The van der Waals surface area contributed by atoms with E-state index in [-0.39, 0.29) is 11.9 Å². The summed E-state index contributed by atoms with van der Waals surface area (Å²) in [6.07, 6.45) is 12.7. The third-order valence-electron chi connectivity index (χ3n) is 5.90. The minimum atomic E-state index is -0.330. The van der Waals surface area contributed by atoms with Gasteiger partial charge in [-0.1, -0.05) is 32.1 Å². The highest BCUT2D eigenvalue weighted by molar-refractivity contribution is 7.17. The molecule has 5 nitrogen and oxygen atoms in total. The van der Waals surface area contributed by atoms with Crippen molar-refractivity contribution in [2.45, 2.75) is 76.7 Å². The Kier molecular flexibility index (Phi) is 7.30. The van der Waals surface area contributed by atoms with Crippen LogP contribution in [-0.2, 0) is 22.4 Å². The Balaban J connectivity index is 1.73. The van der Waals surface area contributed by atoms with Crippen LogP contribution < -0.4 is 5.32 Å². The Labute approximate surface area is 166 Å². The smallest absolute Gasteiger partial charge is 0.341 e. The average Bonchev–Trinajstić information content (AvgIpc) is 2.97. The predicted molar refractivity (Wildman–Crippen MR) is 110 cm³/mol. The third-order valence-corrected chi connectivity index (χ3v) is 7.11. The van der Waals surface area contributed by atoms with Gasteiger partial charge in [-0.25, -0.2) is 4.79 Å². The van der Waals surface area contributed by atoms with Gasteiger partial charge in [0.05, 0.1) is 19.2 Å². The van der Waals surface area contributed by atoms with Crippen LogP contribution in [0.4, 0.5) is 5.00 Å². The maximum absolute atomic E-state index is 12.7. The van der Waals surface area contributed by atoms with Gasteiger partial charge in [-0.05, 0) is 51.1 Å². The van der Waals surface area contributed by atoms with Gasteiger partial charge in [0, 0.05) is 10.9 Å². The number of carbonyl (C=O) groups excluding carboxylic acids is 2. The summed E-state index contributed by atoms with van der Waals surface area (Å²) in [6.45, 7) is 0.369.